The van der Waals surface area contributed by atoms with E-state index in [1.165, 1.54) is 17.0 Å². The van der Waals surface area contributed by atoms with Crippen molar-refractivity contribution < 1.29 is 9.59 Å². The van der Waals surface area contributed by atoms with Crippen LogP contribution >= 0.6 is 11.3 Å². The van der Waals surface area contributed by atoms with E-state index in [1.54, 1.807) is 0 Å². The SMILES string of the molecule is Cn1cccc1C1CCCCN1C(=O)CCC(=O)c1cccs1. The first kappa shape index (κ1) is 16.0. The van der Waals surface area contributed by atoms with Gasteiger partial charge in [0.25, 0.3) is 0 Å². The van der Waals surface area contributed by atoms with Crippen molar-refractivity contribution >= 4 is 23.0 Å². The summed E-state index contributed by atoms with van der Waals surface area (Å²) < 4.78 is 2.09. The van der Waals surface area contributed by atoms with Crippen molar-refractivity contribution in [1.82, 2.24) is 9.47 Å². The molecule has 5 heteroatoms. The Morgan fingerprint density at radius 2 is 2.09 bits per heavy atom. The number of ketones is 1. The summed E-state index contributed by atoms with van der Waals surface area (Å²) in [7, 11) is 2.02. The third-order valence-electron chi connectivity index (χ3n) is 4.51. The van der Waals surface area contributed by atoms with Crippen molar-refractivity contribution in [2.75, 3.05) is 6.54 Å². The molecule has 1 fully saturated rings. The normalized spacial score (nSPS) is 18.1. The molecule has 0 spiro atoms. The van der Waals surface area contributed by atoms with E-state index in [9.17, 15) is 9.59 Å². The van der Waals surface area contributed by atoms with E-state index < -0.39 is 0 Å². The highest BCUT2D eigenvalue weighted by Gasteiger charge is 2.29. The Bertz CT molecular complexity index is 675. The predicted octanol–water partition coefficient (Wildman–Crippen LogP) is 3.80. The molecule has 0 saturated carbocycles. The Kier molecular flexibility index (Phi) is 4.96. The van der Waals surface area contributed by atoms with Crippen LogP contribution in [0.3, 0.4) is 0 Å². The van der Waals surface area contributed by atoms with Gasteiger partial charge < -0.3 is 9.47 Å². The second-order valence-corrected chi connectivity index (χ2v) is 6.99. The molecule has 1 amide bonds. The van der Waals surface area contributed by atoms with Crippen LogP contribution in [0.5, 0.6) is 0 Å². The van der Waals surface area contributed by atoms with Gasteiger partial charge in [-0.15, -0.1) is 11.3 Å². The minimum Gasteiger partial charge on any atom is -0.353 e. The lowest BCUT2D eigenvalue weighted by molar-refractivity contribution is -0.135. The summed E-state index contributed by atoms with van der Waals surface area (Å²) in [5.41, 5.74) is 1.18. The quantitative estimate of drug-likeness (QED) is 0.783. The topological polar surface area (TPSA) is 42.3 Å². The second-order valence-electron chi connectivity index (χ2n) is 6.04. The Morgan fingerprint density at radius 3 is 2.78 bits per heavy atom. The fourth-order valence-electron chi connectivity index (χ4n) is 3.28. The lowest BCUT2D eigenvalue weighted by atomic mass is 9.98. The zero-order valence-corrected chi connectivity index (χ0v) is 14.2. The molecule has 0 radical (unpaired) electrons. The van der Waals surface area contributed by atoms with Crippen molar-refractivity contribution in [2.45, 2.75) is 38.1 Å². The zero-order chi connectivity index (χ0) is 16.2. The smallest absolute Gasteiger partial charge is 0.223 e. The highest BCUT2D eigenvalue weighted by molar-refractivity contribution is 7.12. The van der Waals surface area contributed by atoms with Crippen molar-refractivity contribution in [3.63, 3.8) is 0 Å². The number of rotatable bonds is 5. The molecule has 1 aliphatic rings. The largest absolute Gasteiger partial charge is 0.353 e. The van der Waals surface area contributed by atoms with E-state index in [1.807, 2.05) is 41.7 Å². The molecule has 1 atom stereocenters. The number of aryl methyl sites for hydroxylation is 1. The third kappa shape index (κ3) is 3.55. The lowest BCUT2D eigenvalue weighted by Gasteiger charge is -2.36. The molecule has 3 rings (SSSR count). The first-order valence-corrected chi connectivity index (χ1v) is 9.02. The van der Waals surface area contributed by atoms with Crippen LogP contribution in [0.25, 0.3) is 0 Å². The Balaban J connectivity index is 1.65. The number of carbonyl (C=O) groups is 2. The van der Waals surface area contributed by atoms with Crippen LogP contribution in [0.2, 0.25) is 0 Å². The van der Waals surface area contributed by atoms with Crippen LogP contribution in [0, 0.1) is 0 Å². The Morgan fingerprint density at radius 1 is 1.22 bits per heavy atom. The van der Waals surface area contributed by atoms with Crippen LogP contribution in [0.4, 0.5) is 0 Å². The molecule has 0 N–H and O–H groups in total. The van der Waals surface area contributed by atoms with Crippen molar-refractivity contribution in [3.05, 3.63) is 46.4 Å². The van der Waals surface area contributed by atoms with Crippen molar-refractivity contribution in [3.8, 4) is 0 Å². The number of aromatic nitrogens is 1. The number of thiophene rings is 1. The minimum absolute atomic E-state index is 0.0702. The van der Waals surface area contributed by atoms with Gasteiger partial charge in [0.2, 0.25) is 5.91 Å². The average molecular weight is 330 g/mol. The lowest BCUT2D eigenvalue weighted by Crippen LogP contribution is -2.39. The van der Waals surface area contributed by atoms with Gasteiger partial charge in [0.05, 0.1) is 10.9 Å². The van der Waals surface area contributed by atoms with Gasteiger partial charge in [0, 0.05) is 38.3 Å². The van der Waals surface area contributed by atoms with Crippen molar-refractivity contribution in [1.29, 1.82) is 0 Å². The number of carbonyl (C=O) groups excluding carboxylic acids is 2. The minimum atomic E-state index is 0.0702. The van der Waals surface area contributed by atoms with Gasteiger partial charge >= 0.3 is 0 Å². The van der Waals surface area contributed by atoms with Gasteiger partial charge in [-0.3, -0.25) is 9.59 Å². The van der Waals surface area contributed by atoms with Crippen LogP contribution in [-0.4, -0.2) is 27.7 Å². The first-order chi connectivity index (χ1) is 11.2. The van der Waals surface area contributed by atoms with Gasteiger partial charge in [0.1, 0.15) is 0 Å². The maximum absolute atomic E-state index is 12.7. The van der Waals surface area contributed by atoms with Crippen LogP contribution in [0.15, 0.2) is 35.8 Å². The molecular formula is C18H22N2O2S. The molecule has 2 aromatic heterocycles. The summed E-state index contributed by atoms with van der Waals surface area (Å²) in [6.07, 6.45) is 5.82. The number of nitrogens with zero attached hydrogens (tertiary/aromatic N) is 2. The molecule has 0 aromatic carbocycles. The van der Waals surface area contributed by atoms with E-state index in [0.29, 0.717) is 12.8 Å². The van der Waals surface area contributed by atoms with Crippen LogP contribution in [0.1, 0.15) is 53.5 Å². The van der Waals surface area contributed by atoms with E-state index in [-0.39, 0.29) is 17.7 Å². The van der Waals surface area contributed by atoms with Crippen LogP contribution in [-0.2, 0) is 11.8 Å². The Labute approximate surface area is 140 Å². The molecule has 1 unspecified atom stereocenters. The molecule has 0 aliphatic carbocycles. The fourth-order valence-corrected chi connectivity index (χ4v) is 3.98. The van der Waals surface area contributed by atoms with E-state index >= 15 is 0 Å². The molecule has 4 nitrogen and oxygen atoms in total. The number of piperidine rings is 1. The summed E-state index contributed by atoms with van der Waals surface area (Å²) in [5, 5.41) is 1.89. The summed E-state index contributed by atoms with van der Waals surface area (Å²) in [6, 6.07) is 7.95. The fraction of sp³-hybridized carbons (Fsp3) is 0.444. The maximum atomic E-state index is 12.7. The molecule has 2 aromatic rings. The van der Waals surface area contributed by atoms with Gasteiger partial charge in [0.15, 0.2) is 5.78 Å². The highest BCUT2D eigenvalue weighted by Crippen LogP contribution is 2.31. The molecule has 0 bridgehead atoms. The zero-order valence-electron chi connectivity index (χ0n) is 13.4. The van der Waals surface area contributed by atoms with Gasteiger partial charge in [-0.05, 0) is 42.8 Å². The molecule has 3 heterocycles. The number of hydrogen-bond acceptors (Lipinski definition) is 3. The highest BCUT2D eigenvalue weighted by atomic mass is 32.1. The van der Waals surface area contributed by atoms with Gasteiger partial charge in [-0.2, -0.15) is 0 Å². The number of likely N-dealkylation sites (tertiary alicyclic amines) is 1. The first-order valence-electron chi connectivity index (χ1n) is 8.14. The average Bonchev–Trinajstić information content (AvgIpc) is 3.23. The summed E-state index contributed by atoms with van der Waals surface area (Å²) in [4.78, 5) is 27.5. The Hall–Kier alpha value is -1.88. The summed E-state index contributed by atoms with van der Waals surface area (Å²) in [6.45, 7) is 0.794. The summed E-state index contributed by atoms with van der Waals surface area (Å²) in [5.74, 6) is 0.168. The van der Waals surface area contributed by atoms with Gasteiger partial charge in [-0.1, -0.05) is 6.07 Å². The van der Waals surface area contributed by atoms with E-state index in [2.05, 4.69) is 10.6 Å². The van der Waals surface area contributed by atoms with E-state index in [4.69, 9.17) is 0 Å². The molecular weight excluding hydrogens is 308 g/mol. The van der Waals surface area contributed by atoms with Gasteiger partial charge in [-0.25, -0.2) is 0 Å². The molecule has 23 heavy (non-hydrogen) atoms. The monoisotopic (exact) mass is 330 g/mol. The summed E-state index contributed by atoms with van der Waals surface area (Å²) >= 11 is 1.44. The third-order valence-corrected chi connectivity index (χ3v) is 5.42. The maximum Gasteiger partial charge on any atom is 0.223 e. The van der Waals surface area contributed by atoms with Crippen LogP contribution < -0.4 is 0 Å². The molecule has 1 saturated heterocycles. The molecule has 1 aliphatic heterocycles. The number of amides is 1. The van der Waals surface area contributed by atoms with E-state index in [0.717, 1.165) is 30.7 Å². The van der Waals surface area contributed by atoms with Crippen molar-refractivity contribution in [2.24, 2.45) is 7.05 Å². The number of hydrogen-bond donors (Lipinski definition) is 0. The molecule has 122 valence electrons. The predicted molar refractivity (Wildman–Crippen MR) is 91.6 cm³/mol. The second kappa shape index (κ2) is 7.13. The number of Topliss-reactive ketones (excluding diaryl/α,β-unsaturated/α-hetero) is 1. The standard InChI is InChI=1S/C18H22N2O2S/c1-19-11-4-7-14(19)15-6-2-3-12-20(15)18(22)10-9-16(21)17-8-5-13-23-17/h4-5,7-8,11,13,15H,2-3,6,9-10,12H2,1H3.